The van der Waals surface area contributed by atoms with Crippen LogP contribution < -0.4 is 10.7 Å². The summed E-state index contributed by atoms with van der Waals surface area (Å²) in [6, 6.07) is 0.800. The number of benzene rings is 1. The summed E-state index contributed by atoms with van der Waals surface area (Å²) in [7, 11) is 0. The summed E-state index contributed by atoms with van der Waals surface area (Å²) in [6.45, 7) is 2.29. The molecule has 2 N–H and O–H groups in total. The molecule has 3 heterocycles. The zero-order valence-electron chi connectivity index (χ0n) is 17.4. The maximum Gasteiger partial charge on any atom is 0.274 e. The molecule has 1 aromatic heterocycles. The van der Waals surface area contributed by atoms with E-state index in [2.05, 4.69) is 5.32 Å². The SMILES string of the molecule is CCCCN1CC2CCc3c(C(=O)NCc4c(F)cc(F)cc4F)c(=O)c(O)c(n32)C1=O. The van der Waals surface area contributed by atoms with Crippen molar-refractivity contribution in [2.45, 2.75) is 45.2 Å². The summed E-state index contributed by atoms with van der Waals surface area (Å²) in [5.74, 6) is -5.64. The molecule has 2 aromatic rings. The average Bonchev–Trinajstić information content (AvgIpc) is 3.14. The molecule has 2 aliphatic rings. The quantitative estimate of drug-likeness (QED) is 0.710. The molecule has 7 nitrogen and oxygen atoms in total. The van der Waals surface area contributed by atoms with Crippen LogP contribution >= 0.6 is 0 Å². The van der Waals surface area contributed by atoms with Gasteiger partial charge in [-0.1, -0.05) is 13.3 Å². The van der Waals surface area contributed by atoms with Crippen molar-refractivity contribution in [1.29, 1.82) is 0 Å². The molecule has 0 aliphatic carbocycles. The summed E-state index contributed by atoms with van der Waals surface area (Å²) >= 11 is 0. The predicted octanol–water partition coefficient (Wildman–Crippen LogP) is 2.64. The first-order chi connectivity index (χ1) is 15.2. The summed E-state index contributed by atoms with van der Waals surface area (Å²) in [6.07, 6.45) is 2.58. The molecule has 1 aromatic carbocycles. The number of nitrogens with one attached hydrogen (secondary N) is 1. The molecular formula is C22H22F3N3O4. The second-order valence-corrected chi connectivity index (χ2v) is 8.05. The minimum atomic E-state index is -1.17. The number of unbranched alkanes of at least 4 members (excludes halogenated alkanes) is 1. The first-order valence-corrected chi connectivity index (χ1v) is 10.5. The Hall–Kier alpha value is -3.30. The fourth-order valence-electron chi connectivity index (χ4n) is 4.45. The maximum atomic E-state index is 13.9. The van der Waals surface area contributed by atoms with Crippen LogP contribution in [-0.2, 0) is 13.0 Å². The van der Waals surface area contributed by atoms with Gasteiger partial charge in [-0.2, -0.15) is 0 Å². The normalized spacial score (nSPS) is 16.9. The van der Waals surface area contributed by atoms with E-state index >= 15 is 0 Å². The van der Waals surface area contributed by atoms with Gasteiger partial charge in [0.05, 0.1) is 6.04 Å². The van der Waals surface area contributed by atoms with Crippen LogP contribution in [-0.4, -0.2) is 39.5 Å². The zero-order chi connectivity index (χ0) is 23.2. The Bertz CT molecular complexity index is 1150. The fourth-order valence-corrected chi connectivity index (χ4v) is 4.45. The summed E-state index contributed by atoms with van der Waals surface area (Å²) in [5.41, 5.74) is -1.73. The van der Waals surface area contributed by atoms with Crippen molar-refractivity contribution < 1.29 is 27.9 Å². The second kappa shape index (κ2) is 8.33. The Balaban J connectivity index is 1.68. The lowest BCUT2D eigenvalue weighted by molar-refractivity contribution is 0.0662. The minimum absolute atomic E-state index is 0.123. The molecule has 2 amide bonds. The summed E-state index contributed by atoms with van der Waals surface area (Å²) < 4.78 is 42.4. The monoisotopic (exact) mass is 449 g/mol. The number of halogens is 3. The van der Waals surface area contributed by atoms with Gasteiger partial charge in [0.15, 0.2) is 11.4 Å². The van der Waals surface area contributed by atoms with Gasteiger partial charge >= 0.3 is 0 Å². The Morgan fingerprint density at radius 2 is 1.91 bits per heavy atom. The molecule has 2 aliphatic heterocycles. The first kappa shape index (κ1) is 21.9. The number of aromatic nitrogens is 1. The van der Waals surface area contributed by atoms with Crippen molar-refractivity contribution in [3.05, 3.63) is 62.3 Å². The molecule has 1 atom stereocenters. The van der Waals surface area contributed by atoms with Gasteiger partial charge in [-0.15, -0.1) is 0 Å². The molecule has 0 radical (unpaired) electrons. The van der Waals surface area contributed by atoms with Gasteiger partial charge in [0.2, 0.25) is 5.43 Å². The molecule has 0 spiro atoms. The number of pyridine rings is 1. The Morgan fingerprint density at radius 1 is 1.22 bits per heavy atom. The predicted molar refractivity (Wildman–Crippen MR) is 108 cm³/mol. The minimum Gasteiger partial charge on any atom is -0.503 e. The summed E-state index contributed by atoms with van der Waals surface area (Å²) in [4.78, 5) is 40.2. The van der Waals surface area contributed by atoms with Crippen molar-refractivity contribution in [2.75, 3.05) is 13.1 Å². The van der Waals surface area contributed by atoms with E-state index in [1.165, 1.54) is 0 Å². The van der Waals surface area contributed by atoms with E-state index in [1.807, 2.05) is 6.92 Å². The number of rotatable bonds is 6. The molecule has 0 fully saturated rings. The van der Waals surface area contributed by atoms with Crippen LogP contribution in [0.1, 0.15) is 64.3 Å². The van der Waals surface area contributed by atoms with Gasteiger partial charge in [-0.05, 0) is 19.3 Å². The highest BCUT2D eigenvalue weighted by molar-refractivity contribution is 6.00. The molecule has 4 rings (SSSR count). The van der Waals surface area contributed by atoms with Crippen LogP contribution in [0.25, 0.3) is 0 Å². The highest BCUT2D eigenvalue weighted by Crippen LogP contribution is 2.36. The fraction of sp³-hybridized carbons (Fsp3) is 0.409. The lowest BCUT2D eigenvalue weighted by Gasteiger charge is -2.34. The van der Waals surface area contributed by atoms with E-state index in [9.17, 15) is 32.7 Å². The van der Waals surface area contributed by atoms with Crippen LogP contribution in [0.2, 0.25) is 0 Å². The van der Waals surface area contributed by atoms with Gasteiger partial charge in [-0.25, -0.2) is 13.2 Å². The van der Waals surface area contributed by atoms with Crippen LogP contribution in [0, 0.1) is 17.5 Å². The smallest absolute Gasteiger partial charge is 0.274 e. The standard InChI is InChI=1S/C22H22F3N3O4/c1-2-3-6-27-10-12-4-5-16-17(19(29)20(30)18(22(27)32)28(12)16)21(31)26-9-13-14(24)7-11(23)8-15(13)25/h7-8,12,30H,2-6,9-10H2,1H3,(H,26,31). The maximum absolute atomic E-state index is 13.9. The number of aromatic hydroxyl groups is 1. The van der Waals surface area contributed by atoms with E-state index in [-0.39, 0.29) is 17.3 Å². The lowest BCUT2D eigenvalue weighted by Crippen LogP contribution is -2.45. The van der Waals surface area contributed by atoms with Gasteiger partial charge in [0.1, 0.15) is 23.0 Å². The Kier molecular flexibility index (Phi) is 5.70. The lowest BCUT2D eigenvalue weighted by atomic mass is 10.1. The van der Waals surface area contributed by atoms with E-state index in [1.54, 1.807) is 9.47 Å². The molecule has 0 saturated carbocycles. The highest BCUT2D eigenvalue weighted by Gasteiger charge is 2.41. The van der Waals surface area contributed by atoms with Crippen molar-refractivity contribution in [3.63, 3.8) is 0 Å². The third-order valence-corrected chi connectivity index (χ3v) is 6.03. The first-order valence-electron chi connectivity index (χ1n) is 10.5. The van der Waals surface area contributed by atoms with Gasteiger partial charge in [-0.3, -0.25) is 14.4 Å². The molecule has 170 valence electrons. The van der Waals surface area contributed by atoms with Crippen LogP contribution in [0.15, 0.2) is 16.9 Å². The van der Waals surface area contributed by atoms with E-state index in [0.29, 0.717) is 43.8 Å². The second-order valence-electron chi connectivity index (χ2n) is 8.05. The van der Waals surface area contributed by atoms with Crippen molar-refractivity contribution in [1.82, 2.24) is 14.8 Å². The number of amides is 2. The van der Waals surface area contributed by atoms with Crippen molar-refractivity contribution >= 4 is 11.8 Å². The van der Waals surface area contributed by atoms with Gasteiger partial charge in [0.25, 0.3) is 11.8 Å². The molecule has 0 saturated heterocycles. The Labute approximate surface area is 181 Å². The molecular weight excluding hydrogens is 427 g/mol. The van der Waals surface area contributed by atoms with Crippen molar-refractivity contribution in [2.24, 2.45) is 0 Å². The number of carbonyl (C=O) groups is 2. The molecule has 10 heteroatoms. The number of nitrogens with zero attached hydrogens (tertiary/aromatic N) is 2. The van der Waals surface area contributed by atoms with Crippen molar-refractivity contribution in [3.8, 4) is 5.75 Å². The Morgan fingerprint density at radius 3 is 2.56 bits per heavy atom. The third kappa shape index (κ3) is 3.53. The van der Waals surface area contributed by atoms with E-state index in [4.69, 9.17) is 0 Å². The summed E-state index contributed by atoms with van der Waals surface area (Å²) in [5, 5.41) is 12.8. The third-order valence-electron chi connectivity index (χ3n) is 6.03. The van der Waals surface area contributed by atoms with E-state index < -0.39 is 52.6 Å². The molecule has 0 bridgehead atoms. The van der Waals surface area contributed by atoms with E-state index in [0.717, 1.165) is 12.8 Å². The zero-order valence-corrected chi connectivity index (χ0v) is 17.4. The molecule has 32 heavy (non-hydrogen) atoms. The topological polar surface area (TPSA) is 91.6 Å². The number of hydrogen-bond donors (Lipinski definition) is 2. The van der Waals surface area contributed by atoms with Gasteiger partial charge in [0, 0.05) is 43.0 Å². The average molecular weight is 449 g/mol. The van der Waals surface area contributed by atoms with Crippen LogP contribution in [0.5, 0.6) is 5.75 Å². The van der Waals surface area contributed by atoms with Crippen LogP contribution in [0.4, 0.5) is 13.2 Å². The molecule has 1 unspecified atom stereocenters. The number of carbonyl (C=O) groups excluding carboxylic acids is 2. The highest BCUT2D eigenvalue weighted by atomic mass is 19.1. The number of hydrogen-bond acceptors (Lipinski definition) is 4. The largest absolute Gasteiger partial charge is 0.503 e. The van der Waals surface area contributed by atoms with Gasteiger partial charge < -0.3 is 19.9 Å². The van der Waals surface area contributed by atoms with Crippen LogP contribution in [0.3, 0.4) is 0 Å².